The molecule has 0 fully saturated rings. The van der Waals surface area contributed by atoms with Crippen LogP contribution in [0.2, 0.25) is 0 Å². The van der Waals surface area contributed by atoms with Crippen LogP contribution < -0.4 is 26.7 Å². The van der Waals surface area contributed by atoms with Crippen molar-refractivity contribution in [2.75, 3.05) is 24.3 Å². The van der Waals surface area contributed by atoms with Crippen LogP contribution in [-0.4, -0.2) is 30.4 Å². The summed E-state index contributed by atoms with van der Waals surface area (Å²) in [7, 11) is -0.695. The van der Waals surface area contributed by atoms with Gasteiger partial charge in [-0.25, -0.2) is 4.98 Å². The van der Waals surface area contributed by atoms with Gasteiger partial charge in [0.1, 0.15) is 11.9 Å². The summed E-state index contributed by atoms with van der Waals surface area (Å²) >= 11 is 0. The summed E-state index contributed by atoms with van der Waals surface area (Å²) in [4.78, 5) is 8.33. The molecule has 0 radical (unpaired) electrons. The molecule has 1 aliphatic rings. The number of ether oxygens (including phenoxy) is 2. The molecular weight excluding hydrogens is 466 g/mol. The second kappa shape index (κ2) is 10.3. The molecule has 0 amide bonds. The van der Waals surface area contributed by atoms with Gasteiger partial charge in [-0.05, 0) is 47.0 Å². The zero-order chi connectivity index (χ0) is 24.9. The Kier molecular flexibility index (Phi) is 7.02. The molecular formula is C25H25N5O4S. The average molecular weight is 492 g/mol. The van der Waals surface area contributed by atoms with Crippen LogP contribution in [0, 0.1) is 0 Å². The van der Waals surface area contributed by atoms with E-state index in [2.05, 4.69) is 9.97 Å². The lowest BCUT2D eigenvalue weighted by molar-refractivity contribution is 0.233. The van der Waals surface area contributed by atoms with Gasteiger partial charge in [-0.3, -0.25) is 0 Å². The number of methoxy groups -OCH3 is 1. The third-order valence-electron chi connectivity index (χ3n) is 5.54. The molecule has 2 aromatic carbocycles. The van der Waals surface area contributed by atoms with Crippen molar-refractivity contribution in [1.29, 1.82) is 0 Å². The molecule has 0 saturated heterocycles. The fourth-order valence-electron chi connectivity index (χ4n) is 3.70. The summed E-state index contributed by atoms with van der Waals surface area (Å²) in [5.41, 5.74) is 21.4. The third-order valence-corrected chi connectivity index (χ3v) is 6.27. The fourth-order valence-corrected chi connectivity index (χ4v) is 4.10. The number of benzene rings is 2. The maximum absolute atomic E-state index is 11.3. The second-order valence-corrected chi connectivity index (χ2v) is 8.90. The average Bonchev–Trinajstić information content (AvgIpc) is 2.85. The monoisotopic (exact) mass is 491 g/mol. The van der Waals surface area contributed by atoms with Gasteiger partial charge in [0.05, 0.1) is 12.0 Å². The van der Waals surface area contributed by atoms with Crippen molar-refractivity contribution in [3.05, 3.63) is 89.2 Å². The minimum Gasteiger partial charge on any atom is -0.493 e. The largest absolute Gasteiger partial charge is 0.493 e. The highest BCUT2D eigenvalue weighted by atomic mass is 32.2. The molecule has 3 aromatic rings. The van der Waals surface area contributed by atoms with Crippen molar-refractivity contribution >= 4 is 32.6 Å². The molecule has 1 aromatic heterocycles. The van der Waals surface area contributed by atoms with Crippen molar-refractivity contribution in [2.24, 2.45) is 0 Å². The lowest BCUT2D eigenvalue weighted by Gasteiger charge is -2.24. The first kappa shape index (κ1) is 23.8. The molecule has 9 nitrogen and oxygen atoms in total. The van der Waals surface area contributed by atoms with Crippen molar-refractivity contribution in [1.82, 2.24) is 9.97 Å². The SMILES string of the molecule is COc1cc(Cc2cnc(N)nc2N)ccc1OC(C1=CCC(=S(=O)=O)C=C1)c1ccc(N)cc1. The molecule has 35 heavy (non-hydrogen) atoms. The number of rotatable bonds is 7. The van der Waals surface area contributed by atoms with E-state index in [0.717, 1.165) is 22.3 Å². The summed E-state index contributed by atoms with van der Waals surface area (Å²) in [6, 6.07) is 12.9. The van der Waals surface area contributed by atoms with Crippen LogP contribution in [0.4, 0.5) is 17.5 Å². The van der Waals surface area contributed by atoms with E-state index in [9.17, 15) is 8.42 Å². The summed E-state index contributed by atoms with van der Waals surface area (Å²) in [6.07, 6.45) is 7.06. The molecule has 0 bridgehead atoms. The van der Waals surface area contributed by atoms with Crippen molar-refractivity contribution in [3.8, 4) is 11.5 Å². The normalized spacial score (nSPS) is 13.7. The van der Waals surface area contributed by atoms with Crippen molar-refractivity contribution in [3.63, 3.8) is 0 Å². The van der Waals surface area contributed by atoms with Gasteiger partial charge in [-0.2, -0.15) is 13.4 Å². The van der Waals surface area contributed by atoms with Gasteiger partial charge in [-0.15, -0.1) is 0 Å². The third kappa shape index (κ3) is 5.61. The first-order valence-corrected chi connectivity index (χ1v) is 11.8. The standard InChI is InChI=1S/C25H25N5O4S/c1-33-22-13-15(12-18-14-29-25(28)30-24(18)27)2-11-21(22)34-23(16-3-7-19(26)8-4-16)17-5-9-20(10-6-17)35(31)32/h2-9,11,13-14,23H,10,12,26H2,1H3,(H4,27,28,29,30). The number of hydrogen-bond donors (Lipinski definition) is 3. The molecule has 1 atom stereocenters. The van der Waals surface area contributed by atoms with E-state index < -0.39 is 16.4 Å². The van der Waals surface area contributed by atoms with Crippen LogP contribution in [0.5, 0.6) is 11.5 Å². The minimum absolute atomic E-state index is 0.124. The van der Waals surface area contributed by atoms with E-state index in [1.165, 1.54) is 0 Å². The van der Waals surface area contributed by atoms with Gasteiger partial charge < -0.3 is 26.7 Å². The summed E-state index contributed by atoms with van der Waals surface area (Å²) in [5.74, 6) is 1.51. The van der Waals surface area contributed by atoms with Crippen LogP contribution >= 0.6 is 0 Å². The number of nitrogen functional groups attached to an aromatic ring is 3. The van der Waals surface area contributed by atoms with Crippen LogP contribution in [0.15, 0.2) is 72.5 Å². The Morgan fingerprint density at radius 3 is 2.43 bits per heavy atom. The first-order chi connectivity index (χ1) is 16.8. The topological polar surface area (TPSA) is 156 Å². The van der Waals surface area contributed by atoms with Crippen molar-refractivity contribution < 1.29 is 17.9 Å². The summed E-state index contributed by atoms with van der Waals surface area (Å²) in [5, 5.41) is 0. The van der Waals surface area contributed by atoms with Gasteiger partial charge in [0.2, 0.25) is 16.2 Å². The second-order valence-electron chi connectivity index (χ2n) is 7.91. The molecule has 6 N–H and O–H groups in total. The number of nitrogens with two attached hydrogens (primary N) is 3. The molecule has 1 unspecified atom stereocenters. The van der Waals surface area contributed by atoms with E-state index in [1.54, 1.807) is 37.6 Å². The zero-order valence-electron chi connectivity index (χ0n) is 19.0. The van der Waals surface area contributed by atoms with E-state index >= 15 is 0 Å². The van der Waals surface area contributed by atoms with Crippen LogP contribution in [0.1, 0.15) is 29.2 Å². The van der Waals surface area contributed by atoms with E-state index in [1.807, 2.05) is 36.4 Å². The van der Waals surface area contributed by atoms with Gasteiger partial charge in [0.15, 0.2) is 11.5 Å². The highest BCUT2D eigenvalue weighted by Gasteiger charge is 2.21. The van der Waals surface area contributed by atoms with Crippen LogP contribution in [-0.2, 0) is 16.7 Å². The van der Waals surface area contributed by atoms with Gasteiger partial charge in [0, 0.05) is 30.3 Å². The molecule has 1 aliphatic carbocycles. The van der Waals surface area contributed by atoms with Crippen LogP contribution in [0.3, 0.4) is 0 Å². The molecule has 1 heterocycles. The maximum atomic E-state index is 11.3. The van der Waals surface area contributed by atoms with Gasteiger partial charge in [-0.1, -0.05) is 30.4 Å². The van der Waals surface area contributed by atoms with E-state index in [4.69, 9.17) is 26.7 Å². The van der Waals surface area contributed by atoms with E-state index in [0.29, 0.717) is 34.3 Å². The number of anilines is 3. The Labute approximate surface area is 204 Å². The Morgan fingerprint density at radius 2 is 1.80 bits per heavy atom. The lowest BCUT2D eigenvalue weighted by Crippen LogP contribution is -2.13. The van der Waals surface area contributed by atoms with Gasteiger partial charge in [0.25, 0.3) is 0 Å². The molecule has 4 rings (SSSR count). The smallest absolute Gasteiger partial charge is 0.221 e. The molecule has 180 valence electrons. The summed E-state index contributed by atoms with van der Waals surface area (Å²) in [6.45, 7) is 0. The summed E-state index contributed by atoms with van der Waals surface area (Å²) < 4.78 is 34.7. The predicted molar refractivity (Wildman–Crippen MR) is 137 cm³/mol. The highest BCUT2D eigenvalue weighted by Crippen LogP contribution is 2.37. The molecule has 0 saturated carbocycles. The van der Waals surface area contributed by atoms with E-state index in [-0.39, 0.29) is 12.4 Å². The first-order valence-electron chi connectivity index (χ1n) is 10.7. The Balaban J connectivity index is 1.65. The maximum Gasteiger partial charge on any atom is 0.221 e. The number of aromatic nitrogens is 2. The fraction of sp³-hybridized carbons (Fsp3) is 0.160. The number of allylic oxidation sites excluding steroid dienone is 2. The minimum atomic E-state index is -2.26. The Bertz CT molecular complexity index is 1440. The molecule has 0 aliphatic heterocycles. The Hall–Kier alpha value is -4.31. The van der Waals surface area contributed by atoms with Crippen molar-refractivity contribution in [2.45, 2.75) is 18.9 Å². The molecule has 0 spiro atoms. The Morgan fingerprint density at radius 1 is 1.03 bits per heavy atom. The predicted octanol–water partition coefficient (Wildman–Crippen LogP) is 2.88. The zero-order valence-corrected chi connectivity index (χ0v) is 19.8. The quantitative estimate of drug-likeness (QED) is 0.334. The van der Waals surface area contributed by atoms with Gasteiger partial charge >= 0.3 is 0 Å². The van der Waals surface area contributed by atoms with Crippen LogP contribution in [0.25, 0.3) is 0 Å². The number of nitrogens with zero attached hydrogens (tertiary/aromatic N) is 2. The number of hydrogen-bond acceptors (Lipinski definition) is 9. The lowest BCUT2D eigenvalue weighted by atomic mass is 9.96. The molecule has 10 heteroatoms. The highest BCUT2D eigenvalue weighted by molar-refractivity contribution is 7.73.